The minimum absolute atomic E-state index is 0.0800. The number of carbonyl (C=O) groups is 3. The standard InChI is InChI=1S/C22H25N3O5/c1-23-21(27)24-13-8-14-25(24)22(28)30-19(15-17-9-4-2-5-10-17)20(26)29-16-18-11-6-3-7-12-18/h2-7,9-12,19H,8,13-16H2,1H3,(H,23,27)/t19-/m0/s1. The van der Waals surface area contributed by atoms with Crippen molar-refractivity contribution in [2.24, 2.45) is 0 Å². The van der Waals surface area contributed by atoms with Gasteiger partial charge in [0, 0.05) is 26.6 Å². The lowest BCUT2D eigenvalue weighted by atomic mass is 10.1. The van der Waals surface area contributed by atoms with Crippen molar-refractivity contribution in [3.8, 4) is 0 Å². The van der Waals surface area contributed by atoms with Crippen LogP contribution in [0.4, 0.5) is 9.59 Å². The molecular formula is C22H25N3O5. The average Bonchev–Trinajstić information content (AvgIpc) is 3.28. The smallest absolute Gasteiger partial charge is 0.429 e. The third-order valence-electron chi connectivity index (χ3n) is 4.68. The average molecular weight is 411 g/mol. The predicted molar refractivity (Wildman–Crippen MR) is 109 cm³/mol. The molecule has 1 saturated heterocycles. The van der Waals surface area contributed by atoms with Crippen LogP contribution in [0.5, 0.6) is 0 Å². The van der Waals surface area contributed by atoms with Gasteiger partial charge in [0.05, 0.1) is 0 Å². The van der Waals surface area contributed by atoms with Crippen LogP contribution in [-0.2, 0) is 27.3 Å². The Hall–Kier alpha value is -3.55. The van der Waals surface area contributed by atoms with Crippen molar-refractivity contribution >= 4 is 18.1 Å². The molecule has 8 heteroatoms. The first-order valence-electron chi connectivity index (χ1n) is 9.80. The van der Waals surface area contributed by atoms with E-state index in [0.29, 0.717) is 19.5 Å². The molecule has 0 spiro atoms. The minimum atomic E-state index is -1.13. The van der Waals surface area contributed by atoms with E-state index in [-0.39, 0.29) is 13.0 Å². The number of benzene rings is 2. The third kappa shape index (κ3) is 5.50. The number of nitrogens with one attached hydrogen (secondary N) is 1. The molecule has 8 nitrogen and oxygen atoms in total. The summed E-state index contributed by atoms with van der Waals surface area (Å²) in [5, 5.41) is 4.98. The summed E-state index contributed by atoms with van der Waals surface area (Å²) in [6, 6.07) is 18.1. The highest BCUT2D eigenvalue weighted by Crippen LogP contribution is 2.16. The van der Waals surface area contributed by atoms with Crippen molar-refractivity contribution in [2.45, 2.75) is 25.6 Å². The number of rotatable bonds is 6. The van der Waals surface area contributed by atoms with Crippen molar-refractivity contribution in [3.63, 3.8) is 0 Å². The van der Waals surface area contributed by atoms with Crippen molar-refractivity contribution in [1.82, 2.24) is 15.3 Å². The molecular weight excluding hydrogens is 386 g/mol. The first-order valence-corrected chi connectivity index (χ1v) is 9.80. The van der Waals surface area contributed by atoms with E-state index in [0.717, 1.165) is 11.1 Å². The summed E-state index contributed by atoms with van der Waals surface area (Å²) in [5.74, 6) is -0.637. The highest BCUT2D eigenvalue weighted by Gasteiger charge is 2.34. The van der Waals surface area contributed by atoms with E-state index in [1.165, 1.54) is 17.1 Å². The van der Waals surface area contributed by atoms with Gasteiger partial charge in [-0.25, -0.2) is 24.4 Å². The molecule has 0 aromatic heterocycles. The Labute approximate surface area is 175 Å². The Kier molecular flexibility index (Phi) is 7.26. The van der Waals surface area contributed by atoms with Gasteiger partial charge in [0.1, 0.15) is 6.61 Å². The molecule has 1 heterocycles. The number of esters is 1. The summed E-state index contributed by atoms with van der Waals surface area (Å²) in [5.41, 5.74) is 1.66. The normalized spacial score (nSPS) is 14.2. The van der Waals surface area contributed by atoms with E-state index in [4.69, 9.17) is 9.47 Å². The van der Waals surface area contributed by atoms with E-state index < -0.39 is 24.2 Å². The van der Waals surface area contributed by atoms with Gasteiger partial charge in [0.2, 0.25) is 6.10 Å². The van der Waals surface area contributed by atoms with Crippen LogP contribution in [0.25, 0.3) is 0 Å². The topological polar surface area (TPSA) is 88.2 Å². The van der Waals surface area contributed by atoms with E-state index in [1.807, 2.05) is 60.7 Å². The lowest BCUT2D eigenvalue weighted by Crippen LogP contribution is -2.49. The summed E-state index contributed by atoms with van der Waals surface area (Å²) in [6.07, 6.45) is -1.08. The summed E-state index contributed by atoms with van der Waals surface area (Å²) in [6.45, 7) is 0.816. The maximum atomic E-state index is 12.7. The number of ether oxygens (including phenoxy) is 2. The van der Waals surface area contributed by atoms with E-state index in [1.54, 1.807) is 0 Å². The summed E-state index contributed by atoms with van der Waals surface area (Å²) in [4.78, 5) is 37.4. The van der Waals surface area contributed by atoms with E-state index >= 15 is 0 Å². The first kappa shape index (κ1) is 21.2. The number of nitrogens with zero attached hydrogens (tertiary/aromatic N) is 2. The molecule has 2 aromatic carbocycles. The maximum Gasteiger partial charge on any atom is 0.429 e. The molecule has 0 aliphatic carbocycles. The highest BCUT2D eigenvalue weighted by atomic mass is 16.6. The van der Waals surface area contributed by atoms with Gasteiger partial charge in [0.25, 0.3) is 0 Å². The molecule has 0 bridgehead atoms. The number of urea groups is 1. The molecule has 30 heavy (non-hydrogen) atoms. The molecule has 1 N–H and O–H groups in total. The molecule has 2 aromatic rings. The molecule has 3 amide bonds. The number of hydrogen-bond acceptors (Lipinski definition) is 5. The van der Waals surface area contributed by atoms with Gasteiger partial charge in [-0.3, -0.25) is 0 Å². The molecule has 1 aliphatic heterocycles. The van der Waals surface area contributed by atoms with Crippen LogP contribution >= 0.6 is 0 Å². The highest BCUT2D eigenvalue weighted by molar-refractivity contribution is 5.81. The molecule has 1 fully saturated rings. The Morgan fingerprint density at radius 2 is 1.53 bits per heavy atom. The van der Waals surface area contributed by atoms with Crippen molar-refractivity contribution in [3.05, 3.63) is 71.8 Å². The van der Waals surface area contributed by atoms with Crippen LogP contribution in [0.15, 0.2) is 60.7 Å². The second kappa shape index (κ2) is 10.3. The zero-order valence-corrected chi connectivity index (χ0v) is 16.8. The third-order valence-corrected chi connectivity index (χ3v) is 4.68. The Morgan fingerprint density at radius 3 is 2.17 bits per heavy atom. The van der Waals surface area contributed by atoms with Crippen molar-refractivity contribution in [1.29, 1.82) is 0 Å². The zero-order chi connectivity index (χ0) is 21.3. The van der Waals surface area contributed by atoms with E-state index in [2.05, 4.69) is 5.32 Å². The maximum absolute atomic E-state index is 12.7. The van der Waals surface area contributed by atoms with Gasteiger partial charge in [-0.05, 0) is 17.5 Å². The fourth-order valence-electron chi connectivity index (χ4n) is 3.15. The van der Waals surface area contributed by atoms with E-state index in [9.17, 15) is 14.4 Å². The quantitative estimate of drug-likeness (QED) is 0.739. The largest absolute Gasteiger partial charge is 0.458 e. The molecule has 0 saturated carbocycles. The summed E-state index contributed by atoms with van der Waals surface area (Å²) in [7, 11) is 1.49. The van der Waals surface area contributed by atoms with Crippen LogP contribution in [0.2, 0.25) is 0 Å². The lowest BCUT2D eigenvalue weighted by Gasteiger charge is -2.28. The fraction of sp³-hybridized carbons (Fsp3) is 0.318. The monoisotopic (exact) mass is 411 g/mol. The molecule has 1 aliphatic rings. The Bertz CT molecular complexity index is 860. The van der Waals surface area contributed by atoms with Gasteiger partial charge in [-0.15, -0.1) is 0 Å². The number of hydrogen-bond donors (Lipinski definition) is 1. The van der Waals surface area contributed by atoms with Gasteiger partial charge in [-0.1, -0.05) is 60.7 Å². The lowest BCUT2D eigenvalue weighted by molar-refractivity contribution is -0.156. The van der Waals surface area contributed by atoms with Crippen LogP contribution in [0.1, 0.15) is 17.5 Å². The van der Waals surface area contributed by atoms with Crippen LogP contribution in [-0.4, -0.2) is 54.4 Å². The van der Waals surface area contributed by atoms with Crippen LogP contribution < -0.4 is 5.32 Å². The predicted octanol–water partition coefficient (Wildman–Crippen LogP) is 2.74. The van der Waals surface area contributed by atoms with Crippen LogP contribution in [0.3, 0.4) is 0 Å². The minimum Gasteiger partial charge on any atom is -0.458 e. The molecule has 0 radical (unpaired) electrons. The zero-order valence-electron chi connectivity index (χ0n) is 16.8. The van der Waals surface area contributed by atoms with Crippen molar-refractivity contribution < 1.29 is 23.9 Å². The van der Waals surface area contributed by atoms with Gasteiger partial charge in [0.15, 0.2) is 0 Å². The summed E-state index contributed by atoms with van der Waals surface area (Å²) >= 11 is 0. The number of carbonyl (C=O) groups excluding carboxylic acids is 3. The number of hydrazine groups is 1. The van der Waals surface area contributed by atoms with Gasteiger partial charge in [-0.2, -0.15) is 0 Å². The molecule has 1 atom stereocenters. The first-order chi connectivity index (χ1) is 14.6. The fourth-order valence-corrected chi connectivity index (χ4v) is 3.15. The SMILES string of the molecule is CNC(=O)N1CCCN1C(=O)O[C@@H](Cc1ccccc1)C(=O)OCc1ccccc1. The molecule has 158 valence electrons. The van der Waals surface area contributed by atoms with Crippen molar-refractivity contribution in [2.75, 3.05) is 20.1 Å². The van der Waals surface area contributed by atoms with Gasteiger partial charge >= 0.3 is 18.1 Å². The number of amides is 3. The molecule has 0 unspecified atom stereocenters. The summed E-state index contributed by atoms with van der Waals surface area (Å²) < 4.78 is 10.9. The Balaban J connectivity index is 1.69. The Morgan fingerprint density at radius 1 is 0.933 bits per heavy atom. The second-order valence-corrected chi connectivity index (χ2v) is 6.81. The molecule has 3 rings (SSSR count). The second-order valence-electron chi connectivity index (χ2n) is 6.81. The van der Waals surface area contributed by atoms with Crippen LogP contribution in [0, 0.1) is 0 Å². The van der Waals surface area contributed by atoms with Gasteiger partial charge < -0.3 is 14.8 Å².